The van der Waals surface area contributed by atoms with Gasteiger partial charge in [0.15, 0.2) is 0 Å². The van der Waals surface area contributed by atoms with Crippen LogP contribution in [-0.4, -0.2) is 21.8 Å². The SMILES string of the molecule is O=C1CS(=O)C(c2ccc(Cl)cc2)C(=O)N1c1ccc(Br)cc1. The van der Waals surface area contributed by atoms with E-state index in [0.717, 1.165) is 9.37 Å². The van der Waals surface area contributed by atoms with E-state index < -0.39 is 27.9 Å². The molecular weight excluding hydrogens is 402 g/mol. The van der Waals surface area contributed by atoms with Crippen LogP contribution in [-0.2, 0) is 20.4 Å². The van der Waals surface area contributed by atoms with Crippen LogP contribution in [0.3, 0.4) is 0 Å². The summed E-state index contributed by atoms with van der Waals surface area (Å²) < 4.78 is 13.2. The van der Waals surface area contributed by atoms with Crippen molar-refractivity contribution in [2.24, 2.45) is 0 Å². The third kappa shape index (κ3) is 3.24. The van der Waals surface area contributed by atoms with E-state index in [2.05, 4.69) is 15.9 Å². The summed E-state index contributed by atoms with van der Waals surface area (Å²) in [6, 6.07) is 13.5. The molecule has 0 aromatic heterocycles. The van der Waals surface area contributed by atoms with Gasteiger partial charge in [-0.2, -0.15) is 0 Å². The number of rotatable bonds is 2. The van der Waals surface area contributed by atoms with E-state index in [1.807, 2.05) is 0 Å². The molecule has 3 rings (SSSR count). The first-order valence-corrected chi connectivity index (χ1v) is 9.27. The van der Waals surface area contributed by atoms with E-state index in [9.17, 15) is 13.8 Å². The number of hydrogen-bond acceptors (Lipinski definition) is 3. The van der Waals surface area contributed by atoms with Gasteiger partial charge in [0, 0.05) is 20.3 Å². The zero-order valence-corrected chi connectivity index (χ0v) is 14.9. The summed E-state index contributed by atoms with van der Waals surface area (Å²) in [6.45, 7) is 0. The number of imide groups is 1. The molecule has 0 aliphatic carbocycles. The third-order valence-corrected chi connectivity index (χ3v) is 5.79. The van der Waals surface area contributed by atoms with Gasteiger partial charge in [-0.25, -0.2) is 4.90 Å². The molecule has 2 unspecified atom stereocenters. The maximum Gasteiger partial charge on any atom is 0.254 e. The van der Waals surface area contributed by atoms with Gasteiger partial charge >= 0.3 is 0 Å². The lowest BCUT2D eigenvalue weighted by molar-refractivity contribution is -0.125. The normalized spacial score (nSPS) is 21.6. The molecule has 0 spiro atoms. The van der Waals surface area contributed by atoms with Crippen LogP contribution < -0.4 is 4.90 Å². The average Bonchev–Trinajstić information content (AvgIpc) is 2.50. The van der Waals surface area contributed by atoms with Crippen LogP contribution in [0.25, 0.3) is 0 Å². The molecule has 0 radical (unpaired) electrons. The van der Waals surface area contributed by atoms with E-state index >= 15 is 0 Å². The molecule has 0 N–H and O–H groups in total. The first-order valence-electron chi connectivity index (χ1n) is 6.72. The minimum Gasteiger partial charge on any atom is -0.273 e. The summed E-state index contributed by atoms with van der Waals surface area (Å²) >= 11 is 9.17. The highest BCUT2D eigenvalue weighted by molar-refractivity contribution is 9.10. The maximum absolute atomic E-state index is 12.8. The Labute approximate surface area is 149 Å². The lowest BCUT2D eigenvalue weighted by atomic mass is 10.1. The van der Waals surface area contributed by atoms with Crippen molar-refractivity contribution in [3.8, 4) is 0 Å². The molecule has 1 aliphatic heterocycles. The predicted molar refractivity (Wildman–Crippen MR) is 93.8 cm³/mol. The molecule has 4 nitrogen and oxygen atoms in total. The molecule has 1 fully saturated rings. The van der Waals surface area contributed by atoms with E-state index in [-0.39, 0.29) is 5.75 Å². The predicted octanol–water partition coefficient (Wildman–Crippen LogP) is 3.47. The number of hydrogen-bond donors (Lipinski definition) is 0. The number of carbonyl (C=O) groups is 2. The average molecular weight is 413 g/mol. The van der Waals surface area contributed by atoms with Crippen molar-refractivity contribution < 1.29 is 13.8 Å². The van der Waals surface area contributed by atoms with Crippen LogP contribution >= 0.6 is 27.5 Å². The zero-order valence-electron chi connectivity index (χ0n) is 11.7. The number of carbonyl (C=O) groups excluding carboxylic acids is 2. The Morgan fingerprint density at radius 3 is 2.26 bits per heavy atom. The Kier molecular flexibility index (Phi) is 4.66. The molecule has 2 amide bonds. The Bertz CT molecular complexity index is 726. The highest BCUT2D eigenvalue weighted by Crippen LogP contribution is 2.31. The summed E-state index contributed by atoms with van der Waals surface area (Å²) in [5.74, 6) is -1.13. The molecule has 1 heterocycles. The minimum atomic E-state index is -1.59. The number of halogens is 2. The first-order chi connectivity index (χ1) is 11.0. The van der Waals surface area contributed by atoms with Gasteiger partial charge in [-0.15, -0.1) is 0 Å². The standard InChI is InChI=1S/C16H11BrClNO3S/c17-11-3-7-13(8-4-11)19-14(20)9-23(22)15(16(19)21)10-1-5-12(18)6-2-10/h1-8,15H,9H2. The summed E-state index contributed by atoms with van der Waals surface area (Å²) in [7, 11) is -1.59. The van der Waals surface area contributed by atoms with E-state index in [4.69, 9.17) is 11.6 Å². The van der Waals surface area contributed by atoms with Gasteiger partial charge in [0.25, 0.3) is 5.91 Å². The Hall–Kier alpha value is -1.50. The molecule has 2 aromatic rings. The number of anilines is 1. The van der Waals surface area contributed by atoms with Crippen molar-refractivity contribution >= 4 is 55.8 Å². The van der Waals surface area contributed by atoms with E-state index in [0.29, 0.717) is 16.3 Å². The van der Waals surface area contributed by atoms with Crippen LogP contribution in [0.2, 0.25) is 5.02 Å². The molecule has 118 valence electrons. The van der Waals surface area contributed by atoms with Crippen LogP contribution in [0.4, 0.5) is 5.69 Å². The second-order valence-electron chi connectivity index (χ2n) is 5.00. The minimum absolute atomic E-state index is 0.185. The second kappa shape index (κ2) is 6.55. The monoisotopic (exact) mass is 411 g/mol. The smallest absolute Gasteiger partial charge is 0.254 e. The largest absolute Gasteiger partial charge is 0.273 e. The Balaban J connectivity index is 2.00. The molecule has 7 heteroatoms. The lowest BCUT2D eigenvalue weighted by Gasteiger charge is -2.30. The number of benzene rings is 2. The highest BCUT2D eigenvalue weighted by atomic mass is 79.9. The highest BCUT2D eigenvalue weighted by Gasteiger charge is 2.41. The van der Waals surface area contributed by atoms with Gasteiger partial charge in [0.2, 0.25) is 5.91 Å². The van der Waals surface area contributed by atoms with Crippen molar-refractivity contribution in [1.82, 2.24) is 0 Å². The van der Waals surface area contributed by atoms with Crippen molar-refractivity contribution in [3.05, 3.63) is 63.6 Å². The summed E-state index contributed by atoms with van der Waals surface area (Å²) in [5, 5.41) is -0.336. The van der Waals surface area contributed by atoms with Crippen molar-refractivity contribution in [3.63, 3.8) is 0 Å². The van der Waals surface area contributed by atoms with Gasteiger partial charge < -0.3 is 0 Å². The van der Waals surface area contributed by atoms with Crippen molar-refractivity contribution in [1.29, 1.82) is 0 Å². The zero-order chi connectivity index (χ0) is 16.6. The molecule has 2 atom stereocenters. The van der Waals surface area contributed by atoms with Gasteiger partial charge in [-0.05, 0) is 42.0 Å². The third-order valence-electron chi connectivity index (χ3n) is 3.48. The summed E-state index contributed by atoms with van der Waals surface area (Å²) in [4.78, 5) is 26.1. The van der Waals surface area contributed by atoms with Crippen molar-refractivity contribution in [2.75, 3.05) is 10.7 Å². The van der Waals surface area contributed by atoms with Crippen LogP contribution in [0, 0.1) is 0 Å². The van der Waals surface area contributed by atoms with Gasteiger partial charge in [-0.3, -0.25) is 13.8 Å². The van der Waals surface area contributed by atoms with Gasteiger partial charge in [0.1, 0.15) is 11.0 Å². The molecule has 0 saturated carbocycles. The summed E-state index contributed by atoms with van der Waals surface area (Å²) in [6.07, 6.45) is 0. The molecule has 0 bridgehead atoms. The lowest BCUT2D eigenvalue weighted by Crippen LogP contribution is -2.49. The molecule has 2 aromatic carbocycles. The van der Waals surface area contributed by atoms with E-state index in [1.54, 1.807) is 48.5 Å². The number of amides is 2. The van der Waals surface area contributed by atoms with Crippen molar-refractivity contribution in [2.45, 2.75) is 5.25 Å². The summed E-state index contributed by atoms with van der Waals surface area (Å²) in [5.41, 5.74) is 1.06. The molecule has 1 aliphatic rings. The molecule has 23 heavy (non-hydrogen) atoms. The fourth-order valence-electron chi connectivity index (χ4n) is 2.42. The molecular formula is C16H11BrClNO3S. The quantitative estimate of drug-likeness (QED) is 0.710. The Morgan fingerprint density at radius 1 is 1.04 bits per heavy atom. The van der Waals surface area contributed by atoms with Gasteiger partial charge in [0.05, 0.1) is 5.69 Å². The maximum atomic E-state index is 12.8. The van der Waals surface area contributed by atoms with E-state index in [1.165, 1.54) is 0 Å². The van der Waals surface area contributed by atoms with Crippen LogP contribution in [0.15, 0.2) is 53.0 Å². The van der Waals surface area contributed by atoms with Crippen LogP contribution in [0.1, 0.15) is 10.8 Å². The fourth-order valence-corrected chi connectivity index (χ4v) is 4.14. The Morgan fingerprint density at radius 2 is 1.65 bits per heavy atom. The second-order valence-corrected chi connectivity index (χ2v) is 7.87. The fraction of sp³-hybridized carbons (Fsp3) is 0.125. The first kappa shape index (κ1) is 16.4. The molecule has 1 saturated heterocycles. The van der Waals surface area contributed by atoms with Gasteiger partial charge in [-0.1, -0.05) is 39.7 Å². The van der Waals surface area contributed by atoms with Crippen LogP contribution in [0.5, 0.6) is 0 Å². The topological polar surface area (TPSA) is 54.5 Å². The number of nitrogens with zero attached hydrogens (tertiary/aromatic N) is 1.